The van der Waals surface area contributed by atoms with Crippen molar-refractivity contribution >= 4 is 16.7 Å². The van der Waals surface area contributed by atoms with Crippen LogP contribution in [0.5, 0.6) is 0 Å². The van der Waals surface area contributed by atoms with Crippen LogP contribution >= 0.6 is 0 Å². The van der Waals surface area contributed by atoms with Crippen LogP contribution in [0.1, 0.15) is 31.5 Å². The lowest BCUT2D eigenvalue weighted by molar-refractivity contribution is -0.121. The van der Waals surface area contributed by atoms with E-state index in [0.29, 0.717) is 30.1 Å². The summed E-state index contributed by atoms with van der Waals surface area (Å²) in [6.07, 6.45) is 4.59. The molecule has 37 heavy (non-hydrogen) atoms. The van der Waals surface area contributed by atoms with Gasteiger partial charge < -0.3 is 0 Å². The van der Waals surface area contributed by atoms with E-state index in [1.165, 1.54) is 12.1 Å². The second-order valence-electron chi connectivity index (χ2n) is 9.97. The Morgan fingerprint density at radius 2 is 1.89 bits per heavy atom. The van der Waals surface area contributed by atoms with Crippen molar-refractivity contribution < 1.29 is 13.6 Å². The van der Waals surface area contributed by atoms with Gasteiger partial charge in [-0.15, -0.1) is 0 Å². The van der Waals surface area contributed by atoms with Gasteiger partial charge >= 0.3 is 0 Å². The molecule has 3 atom stereocenters. The van der Waals surface area contributed by atoms with Crippen LogP contribution in [0.4, 0.5) is 8.78 Å². The minimum atomic E-state index is -0.738. The van der Waals surface area contributed by atoms with Gasteiger partial charge in [-0.05, 0) is 43.0 Å². The zero-order valence-electron chi connectivity index (χ0n) is 20.3. The number of aromatic nitrogens is 3. The van der Waals surface area contributed by atoms with Crippen LogP contribution < -0.4 is 0 Å². The van der Waals surface area contributed by atoms with Crippen LogP contribution in [0, 0.1) is 34.8 Å². The van der Waals surface area contributed by atoms with E-state index in [1.807, 2.05) is 44.2 Å². The van der Waals surface area contributed by atoms with Gasteiger partial charge in [-0.3, -0.25) is 9.78 Å². The zero-order chi connectivity index (χ0) is 25.9. The quantitative estimate of drug-likeness (QED) is 0.337. The first-order chi connectivity index (χ1) is 17.8. The summed E-state index contributed by atoms with van der Waals surface area (Å²) in [5.41, 5.74) is 2.87. The number of carbonyl (C=O) groups is 1. The number of allylic oxidation sites excluding steroid dienone is 2. The summed E-state index contributed by atoms with van der Waals surface area (Å²) < 4.78 is 29.0. The van der Waals surface area contributed by atoms with Crippen molar-refractivity contribution in [3.05, 3.63) is 89.3 Å². The molecular weight excluding hydrogens is 470 g/mol. The fraction of sp³-hybridized carbons (Fsp3) is 0.233. The summed E-state index contributed by atoms with van der Waals surface area (Å²) in [4.78, 5) is 27.2. The molecule has 2 aliphatic carbocycles. The molecule has 0 amide bonds. The Morgan fingerprint density at radius 1 is 1.08 bits per heavy atom. The molecule has 0 bridgehead atoms. The highest BCUT2D eigenvalue weighted by Crippen LogP contribution is 2.51. The first-order valence-electron chi connectivity index (χ1n) is 12.2. The van der Waals surface area contributed by atoms with E-state index >= 15 is 4.39 Å². The second-order valence-corrected chi connectivity index (χ2v) is 9.97. The maximum absolute atomic E-state index is 15.1. The number of fused-ring (bicyclic) bond motifs is 4. The highest BCUT2D eigenvalue weighted by Gasteiger charge is 2.49. The summed E-state index contributed by atoms with van der Waals surface area (Å²) in [6.45, 7) is 3.85. The maximum atomic E-state index is 15.1. The number of carbonyl (C=O) groups excluding carboxylic acids is 1. The molecule has 2 aliphatic rings. The standard InChI is InChI=1S/C30H22F2N4O/c1-16-23-10-9-22-26(21-8-7-18(31)13-24(21)32)35-29(20-11-12-34-25-6-4-3-5-19(20)25)36-28(22)30(23,2)14-17(15-33)27(16)37/h3-8,11-14,16,23H,9-10H2,1-2H3/t16-,23-,30-/m1/s1. The van der Waals surface area contributed by atoms with Crippen LogP contribution in [-0.4, -0.2) is 20.7 Å². The molecule has 2 aromatic heterocycles. The van der Waals surface area contributed by atoms with Crippen molar-refractivity contribution in [1.82, 2.24) is 15.0 Å². The van der Waals surface area contributed by atoms with E-state index in [9.17, 15) is 14.4 Å². The molecule has 5 nitrogen and oxygen atoms in total. The minimum Gasteiger partial charge on any atom is -0.293 e. The van der Waals surface area contributed by atoms with Crippen molar-refractivity contribution in [3.63, 3.8) is 0 Å². The van der Waals surface area contributed by atoms with E-state index in [2.05, 4.69) is 11.1 Å². The highest BCUT2D eigenvalue weighted by molar-refractivity contribution is 6.02. The van der Waals surface area contributed by atoms with E-state index in [0.717, 1.165) is 28.1 Å². The Morgan fingerprint density at radius 3 is 2.68 bits per heavy atom. The maximum Gasteiger partial charge on any atom is 0.176 e. The topological polar surface area (TPSA) is 79.5 Å². The number of ketones is 1. The Hall–Kier alpha value is -4.31. The fourth-order valence-electron chi connectivity index (χ4n) is 6.09. The summed E-state index contributed by atoms with van der Waals surface area (Å²) in [6, 6.07) is 15.0. The van der Waals surface area contributed by atoms with Crippen molar-refractivity contribution in [3.8, 4) is 28.7 Å². The smallest absolute Gasteiger partial charge is 0.176 e. The van der Waals surface area contributed by atoms with Crippen molar-refractivity contribution in [1.29, 1.82) is 5.26 Å². The normalized spacial score (nSPS) is 22.7. The fourth-order valence-corrected chi connectivity index (χ4v) is 6.09. The third kappa shape index (κ3) is 3.47. The van der Waals surface area contributed by atoms with E-state index < -0.39 is 17.0 Å². The average Bonchev–Trinajstić information content (AvgIpc) is 2.90. The number of nitriles is 1. The molecule has 0 spiro atoms. The van der Waals surface area contributed by atoms with Gasteiger partial charge in [0, 0.05) is 45.7 Å². The molecule has 0 saturated carbocycles. The predicted molar refractivity (Wildman–Crippen MR) is 135 cm³/mol. The summed E-state index contributed by atoms with van der Waals surface area (Å²) in [5.74, 6) is -1.59. The van der Waals surface area contributed by atoms with Gasteiger partial charge in [0.2, 0.25) is 0 Å². The minimum absolute atomic E-state index is 0.0764. The summed E-state index contributed by atoms with van der Waals surface area (Å²) in [7, 11) is 0. The second kappa shape index (κ2) is 8.38. The third-order valence-corrected chi connectivity index (χ3v) is 7.92. The van der Waals surface area contributed by atoms with Crippen LogP contribution in [-0.2, 0) is 16.6 Å². The first kappa shape index (κ1) is 23.1. The largest absolute Gasteiger partial charge is 0.293 e. The van der Waals surface area contributed by atoms with E-state index in [-0.39, 0.29) is 28.8 Å². The Bertz CT molecular complexity index is 1680. The van der Waals surface area contributed by atoms with Gasteiger partial charge in [-0.2, -0.15) is 5.26 Å². The molecule has 6 rings (SSSR count). The average molecular weight is 493 g/mol. The number of rotatable bonds is 2. The van der Waals surface area contributed by atoms with Crippen molar-refractivity contribution in [2.75, 3.05) is 0 Å². The number of benzene rings is 2. The summed E-state index contributed by atoms with van der Waals surface area (Å²) in [5, 5.41) is 10.6. The summed E-state index contributed by atoms with van der Waals surface area (Å²) >= 11 is 0. The van der Waals surface area contributed by atoms with Crippen LogP contribution in [0.3, 0.4) is 0 Å². The Labute approximate surface area is 212 Å². The SMILES string of the molecule is C[C@H]1C(=O)C(C#N)=C[C@@]2(C)c3nc(-c4ccnc5ccccc45)nc(-c4ccc(F)cc4F)c3CC[C@H]12. The van der Waals surface area contributed by atoms with Crippen LogP contribution in [0.15, 0.2) is 66.4 Å². The molecule has 0 radical (unpaired) electrons. The van der Waals surface area contributed by atoms with Gasteiger partial charge in [0.15, 0.2) is 11.6 Å². The first-order valence-corrected chi connectivity index (χ1v) is 12.2. The lowest BCUT2D eigenvalue weighted by Crippen LogP contribution is -2.46. The lowest BCUT2D eigenvalue weighted by Gasteiger charge is -2.45. The van der Waals surface area contributed by atoms with Crippen LogP contribution in [0.25, 0.3) is 33.5 Å². The van der Waals surface area contributed by atoms with Gasteiger partial charge in [-0.25, -0.2) is 18.7 Å². The molecule has 182 valence electrons. The number of Topliss-reactive ketones (excluding diaryl/α,β-unsaturated/α-hetero) is 1. The molecule has 7 heteroatoms. The molecule has 0 aliphatic heterocycles. The van der Waals surface area contributed by atoms with Gasteiger partial charge in [-0.1, -0.05) is 38.1 Å². The van der Waals surface area contributed by atoms with Gasteiger partial charge in [0.05, 0.1) is 22.5 Å². The highest BCUT2D eigenvalue weighted by atomic mass is 19.1. The lowest BCUT2D eigenvalue weighted by atomic mass is 9.57. The molecule has 0 fully saturated rings. The van der Waals surface area contributed by atoms with Crippen molar-refractivity contribution in [2.24, 2.45) is 11.8 Å². The zero-order valence-corrected chi connectivity index (χ0v) is 20.3. The van der Waals surface area contributed by atoms with E-state index in [4.69, 9.17) is 9.97 Å². The van der Waals surface area contributed by atoms with Crippen LogP contribution in [0.2, 0.25) is 0 Å². The number of hydrogen-bond donors (Lipinski definition) is 0. The third-order valence-electron chi connectivity index (χ3n) is 7.92. The molecule has 2 heterocycles. The predicted octanol–water partition coefficient (Wildman–Crippen LogP) is 6.13. The number of nitrogens with zero attached hydrogens (tertiary/aromatic N) is 4. The molecule has 4 aromatic rings. The monoisotopic (exact) mass is 492 g/mol. The number of hydrogen-bond acceptors (Lipinski definition) is 5. The molecule has 0 saturated heterocycles. The molecule has 2 aromatic carbocycles. The molecule has 0 unspecified atom stereocenters. The number of halogens is 2. The van der Waals surface area contributed by atoms with Gasteiger partial charge in [0.25, 0.3) is 0 Å². The number of pyridine rings is 1. The van der Waals surface area contributed by atoms with Gasteiger partial charge in [0.1, 0.15) is 17.7 Å². The molecular formula is C30H22F2N4O. The van der Waals surface area contributed by atoms with Crippen molar-refractivity contribution in [2.45, 2.75) is 32.1 Å². The Kier molecular flexibility index (Phi) is 5.23. The molecule has 0 N–H and O–H groups in total. The Balaban J connectivity index is 1.70. The number of para-hydroxylation sites is 1. The van der Waals surface area contributed by atoms with E-state index in [1.54, 1.807) is 12.3 Å².